The van der Waals surface area contributed by atoms with Crippen LogP contribution in [-0.4, -0.2) is 18.9 Å². The van der Waals surface area contributed by atoms with E-state index in [2.05, 4.69) is 0 Å². The predicted molar refractivity (Wildman–Crippen MR) is 96.5 cm³/mol. The Labute approximate surface area is 144 Å². The standard InChI is InChI=1S/C20H16O3S/c1-13(21)14-3-5-15(6-4-14)16-7-9-17(10-8-16)18-11-19(24-12-18)20(22)23-2/h3-12H,1-2H3. The summed E-state index contributed by atoms with van der Waals surface area (Å²) >= 11 is 1.38. The number of esters is 1. The van der Waals surface area contributed by atoms with Gasteiger partial charge in [-0.2, -0.15) is 0 Å². The molecule has 24 heavy (non-hydrogen) atoms. The molecule has 3 nitrogen and oxygen atoms in total. The zero-order valence-corrected chi connectivity index (χ0v) is 14.2. The molecule has 3 aromatic rings. The second-order valence-electron chi connectivity index (χ2n) is 5.40. The molecule has 0 bridgehead atoms. The molecule has 0 fully saturated rings. The predicted octanol–water partition coefficient (Wildman–Crippen LogP) is 5.07. The van der Waals surface area contributed by atoms with Crippen molar-refractivity contribution in [1.29, 1.82) is 0 Å². The SMILES string of the molecule is COC(=O)c1cc(-c2ccc(-c3ccc(C(C)=O)cc3)cc2)cs1. The molecule has 0 aliphatic carbocycles. The van der Waals surface area contributed by atoms with Crippen LogP contribution < -0.4 is 0 Å². The normalized spacial score (nSPS) is 10.4. The van der Waals surface area contributed by atoms with E-state index in [1.807, 2.05) is 60.0 Å². The minimum absolute atomic E-state index is 0.0655. The van der Waals surface area contributed by atoms with Crippen LogP contribution in [-0.2, 0) is 4.74 Å². The van der Waals surface area contributed by atoms with E-state index in [0.29, 0.717) is 10.4 Å². The molecule has 0 unspecified atom stereocenters. The molecule has 0 aliphatic rings. The summed E-state index contributed by atoms with van der Waals surface area (Å²) in [5.41, 5.74) is 4.90. The van der Waals surface area contributed by atoms with E-state index >= 15 is 0 Å². The Bertz CT molecular complexity index is 874. The number of carbonyl (C=O) groups is 2. The third kappa shape index (κ3) is 3.29. The largest absolute Gasteiger partial charge is 0.465 e. The van der Waals surface area contributed by atoms with E-state index in [0.717, 1.165) is 22.3 Å². The summed E-state index contributed by atoms with van der Waals surface area (Å²) in [7, 11) is 1.38. The molecule has 0 saturated carbocycles. The Balaban J connectivity index is 1.83. The number of Topliss-reactive ketones (excluding diaryl/α,β-unsaturated/α-hetero) is 1. The molecule has 4 heteroatoms. The summed E-state index contributed by atoms with van der Waals surface area (Å²) in [6.45, 7) is 1.56. The fourth-order valence-corrected chi connectivity index (χ4v) is 3.28. The van der Waals surface area contributed by atoms with Crippen LogP contribution in [0.1, 0.15) is 27.0 Å². The molecule has 0 spiro atoms. The fourth-order valence-electron chi connectivity index (χ4n) is 2.45. The minimum atomic E-state index is -0.312. The first-order valence-corrected chi connectivity index (χ1v) is 8.35. The quantitative estimate of drug-likeness (QED) is 0.493. The third-order valence-electron chi connectivity index (χ3n) is 3.83. The van der Waals surface area contributed by atoms with Gasteiger partial charge in [-0.25, -0.2) is 4.79 Å². The molecule has 0 radical (unpaired) electrons. The number of carbonyl (C=O) groups excluding carboxylic acids is 2. The molecule has 0 amide bonds. The van der Waals surface area contributed by atoms with Crippen molar-refractivity contribution in [2.75, 3.05) is 7.11 Å². The topological polar surface area (TPSA) is 43.4 Å². The molecule has 0 atom stereocenters. The second-order valence-corrected chi connectivity index (χ2v) is 6.31. The van der Waals surface area contributed by atoms with Crippen molar-refractivity contribution in [2.24, 2.45) is 0 Å². The lowest BCUT2D eigenvalue weighted by Gasteiger charge is -2.04. The highest BCUT2D eigenvalue weighted by Gasteiger charge is 2.10. The summed E-state index contributed by atoms with van der Waals surface area (Å²) in [6, 6.07) is 17.5. The van der Waals surface area contributed by atoms with Gasteiger partial charge in [-0.15, -0.1) is 11.3 Å². The van der Waals surface area contributed by atoms with Gasteiger partial charge in [-0.1, -0.05) is 48.5 Å². The maximum absolute atomic E-state index is 11.5. The number of ketones is 1. The summed E-state index contributed by atoms with van der Waals surface area (Å²) < 4.78 is 4.74. The van der Waals surface area contributed by atoms with E-state index in [1.165, 1.54) is 18.4 Å². The van der Waals surface area contributed by atoms with E-state index in [9.17, 15) is 9.59 Å². The van der Waals surface area contributed by atoms with Gasteiger partial charge in [0.25, 0.3) is 0 Å². The summed E-state index contributed by atoms with van der Waals surface area (Å²) in [5.74, 6) is -0.246. The molecular weight excluding hydrogens is 320 g/mol. The molecule has 3 rings (SSSR count). The number of hydrogen-bond acceptors (Lipinski definition) is 4. The van der Waals surface area contributed by atoms with Gasteiger partial charge in [-0.3, -0.25) is 4.79 Å². The van der Waals surface area contributed by atoms with Gasteiger partial charge in [0.1, 0.15) is 4.88 Å². The van der Waals surface area contributed by atoms with Gasteiger partial charge >= 0.3 is 5.97 Å². The van der Waals surface area contributed by atoms with Crippen LogP contribution in [0.25, 0.3) is 22.3 Å². The van der Waals surface area contributed by atoms with Crippen LogP contribution in [0.4, 0.5) is 0 Å². The minimum Gasteiger partial charge on any atom is -0.465 e. The maximum Gasteiger partial charge on any atom is 0.348 e. The summed E-state index contributed by atoms with van der Waals surface area (Å²) in [4.78, 5) is 23.5. The second kappa shape index (κ2) is 6.81. The lowest BCUT2D eigenvalue weighted by molar-refractivity contribution is 0.0606. The first-order valence-electron chi connectivity index (χ1n) is 7.47. The van der Waals surface area contributed by atoms with Crippen LogP contribution in [0.5, 0.6) is 0 Å². The van der Waals surface area contributed by atoms with E-state index in [-0.39, 0.29) is 11.8 Å². The maximum atomic E-state index is 11.5. The number of methoxy groups -OCH3 is 1. The van der Waals surface area contributed by atoms with Gasteiger partial charge in [0, 0.05) is 5.56 Å². The van der Waals surface area contributed by atoms with Gasteiger partial charge in [-0.05, 0) is 40.6 Å². The van der Waals surface area contributed by atoms with Gasteiger partial charge in [0.2, 0.25) is 0 Å². The molecular formula is C20H16O3S. The lowest BCUT2D eigenvalue weighted by atomic mass is 10.00. The number of rotatable bonds is 4. The zero-order valence-electron chi connectivity index (χ0n) is 13.4. The van der Waals surface area contributed by atoms with Crippen molar-refractivity contribution in [2.45, 2.75) is 6.92 Å². The summed E-state index contributed by atoms with van der Waals surface area (Å²) in [6.07, 6.45) is 0. The molecule has 0 aliphatic heterocycles. The Morgan fingerprint density at radius 1 is 0.833 bits per heavy atom. The molecule has 0 saturated heterocycles. The first-order chi connectivity index (χ1) is 11.6. The van der Waals surface area contributed by atoms with E-state index < -0.39 is 0 Å². The highest BCUT2D eigenvalue weighted by molar-refractivity contribution is 7.12. The fraction of sp³-hybridized carbons (Fsp3) is 0.100. The average molecular weight is 336 g/mol. The number of hydrogen-bond donors (Lipinski definition) is 0. The van der Waals surface area contributed by atoms with E-state index in [4.69, 9.17) is 4.74 Å². The Morgan fingerprint density at radius 2 is 1.33 bits per heavy atom. The Kier molecular flexibility index (Phi) is 4.58. The lowest BCUT2D eigenvalue weighted by Crippen LogP contribution is -1.96. The number of ether oxygens (including phenoxy) is 1. The molecule has 1 aromatic heterocycles. The van der Waals surface area contributed by atoms with Crippen molar-refractivity contribution in [1.82, 2.24) is 0 Å². The molecule has 2 aromatic carbocycles. The first kappa shape index (κ1) is 16.1. The van der Waals surface area contributed by atoms with Crippen molar-refractivity contribution < 1.29 is 14.3 Å². The molecule has 0 N–H and O–H groups in total. The monoisotopic (exact) mass is 336 g/mol. The van der Waals surface area contributed by atoms with Gasteiger partial charge in [0.15, 0.2) is 5.78 Å². The Morgan fingerprint density at radius 3 is 1.83 bits per heavy atom. The van der Waals surface area contributed by atoms with Crippen molar-refractivity contribution in [3.05, 3.63) is 70.4 Å². The number of benzene rings is 2. The Hall–Kier alpha value is -2.72. The van der Waals surface area contributed by atoms with E-state index in [1.54, 1.807) is 6.92 Å². The van der Waals surface area contributed by atoms with Crippen molar-refractivity contribution in [3.8, 4) is 22.3 Å². The van der Waals surface area contributed by atoms with Crippen molar-refractivity contribution in [3.63, 3.8) is 0 Å². The van der Waals surface area contributed by atoms with Crippen LogP contribution in [0, 0.1) is 0 Å². The highest BCUT2D eigenvalue weighted by atomic mass is 32.1. The van der Waals surface area contributed by atoms with Gasteiger partial charge in [0.05, 0.1) is 7.11 Å². The average Bonchev–Trinajstić information content (AvgIpc) is 3.11. The smallest absolute Gasteiger partial charge is 0.348 e. The van der Waals surface area contributed by atoms with Gasteiger partial charge < -0.3 is 4.74 Å². The highest BCUT2D eigenvalue weighted by Crippen LogP contribution is 2.28. The van der Waals surface area contributed by atoms with Crippen LogP contribution in [0.3, 0.4) is 0 Å². The van der Waals surface area contributed by atoms with Crippen LogP contribution in [0.15, 0.2) is 60.0 Å². The van der Waals surface area contributed by atoms with Crippen LogP contribution in [0.2, 0.25) is 0 Å². The number of thiophene rings is 1. The van der Waals surface area contributed by atoms with Crippen LogP contribution >= 0.6 is 11.3 Å². The molecule has 1 heterocycles. The molecule has 120 valence electrons. The summed E-state index contributed by atoms with van der Waals surface area (Å²) in [5, 5.41) is 1.95. The zero-order chi connectivity index (χ0) is 17.1. The van der Waals surface area contributed by atoms with Crippen molar-refractivity contribution >= 4 is 23.1 Å². The third-order valence-corrected chi connectivity index (χ3v) is 4.74.